The smallest absolute Gasteiger partial charge is 0.261 e. The molecule has 9 heteroatoms. The number of ketones is 1. The van der Waals surface area contributed by atoms with E-state index in [2.05, 4.69) is 10.5 Å². The van der Waals surface area contributed by atoms with Gasteiger partial charge in [0, 0.05) is 6.54 Å². The number of likely N-dealkylation sites (tertiary alicyclic amines) is 1. The van der Waals surface area contributed by atoms with E-state index >= 15 is 0 Å². The van der Waals surface area contributed by atoms with Crippen LogP contribution in [0.25, 0.3) is 0 Å². The minimum Gasteiger partial charge on any atom is -0.296 e. The first-order valence-electron chi connectivity index (χ1n) is 10.2. The molecule has 2 aromatic rings. The number of fused-ring (bicyclic) bond motifs is 2. The zero-order valence-corrected chi connectivity index (χ0v) is 16.9. The Morgan fingerprint density at radius 1 is 0.844 bits per heavy atom. The lowest BCUT2D eigenvalue weighted by Gasteiger charge is -2.16. The molecule has 160 valence electrons. The second-order valence-corrected chi connectivity index (χ2v) is 7.81. The van der Waals surface area contributed by atoms with Crippen molar-refractivity contribution in [3.05, 3.63) is 71.3 Å². The standard InChI is InChI=1S/C23H18N4O5/c28-16(12-27-20(29)14-8-4-5-9-15(14)21(27)30)18-17-19(25-24-18)23(32)26(22(17)31)11-10-13-6-2-1-3-7-13/h1-9,17,19,25H,10-12H2. The van der Waals surface area contributed by atoms with Gasteiger partial charge in [-0.1, -0.05) is 42.5 Å². The Hall–Kier alpha value is -4.14. The fourth-order valence-electron chi connectivity index (χ4n) is 4.29. The molecular formula is C23H18N4O5. The topological polar surface area (TPSA) is 116 Å². The molecule has 0 saturated carbocycles. The van der Waals surface area contributed by atoms with Crippen molar-refractivity contribution in [2.75, 3.05) is 13.1 Å². The predicted octanol–water partition coefficient (Wildman–Crippen LogP) is 0.407. The number of carbonyl (C=O) groups is 5. The van der Waals surface area contributed by atoms with Crippen LogP contribution in [0.3, 0.4) is 0 Å². The van der Waals surface area contributed by atoms with Gasteiger partial charge in [0.1, 0.15) is 17.7 Å². The number of carbonyl (C=O) groups excluding carboxylic acids is 5. The SMILES string of the molecule is O=C(CN1C(=O)c2ccccc2C1=O)C1=NNC2C(=O)N(CCc3ccccc3)C(=O)C12. The van der Waals surface area contributed by atoms with E-state index in [1.54, 1.807) is 12.1 Å². The van der Waals surface area contributed by atoms with Crippen LogP contribution in [0.5, 0.6) is 0 Å². The summed E-state index contributed by atoms with van der Waals surface area (Å²) in [5, 5.41) is 3.91. The zero-order chi connectivity index (χ0) is 22.4. The first-order valence-corrected chi connectivity index (χ1v) is 10.2. The van der Waals surface area contributed by atoms with E-state index in [0.29, 0.717) is 6.42 Å². The Bertz CT molecular complexity index is 1170. The van der Waals surface area contributed by atoms with Gasteiger partial charge in [0.05, 0.1) is 17.7 Å². The average Bonchev–Trinajstić information content (AvgIpc) is 3.43. The number of Topliss-reactive ketones (excluding diaryl/α,β-unsaturated/α-hetero) is 1. The molecule has 2 aromatic carbocycles. The van der Waals surface area contributed by atoms with E-state index in [9.17, 15) is 24.0 Å². The van der Waals surface area contributed by atoms with Gasteiger partial charge < -0.3 is 0 Å². The fourth-order valence-corrected chi connectivity index (χ4v) is 4.29. The second-order valence-electron chi connectivity index (χ2n) is 7.81. The Labute approximate surface area is 182 Å². The van der Waals surface area contributed by atoms with Crippen molar-refractivity contribution in [1.29, 1.82) is 0 Å². The van der Waals surface area contributed by atoms with Crippen molar-refractivity contribution < 1.29 is 24.0 Å². The van der Waals surface area contributed by atoms with Crippen LogP contribution in [0, 0.1) is 5.92 Å². The highest BCUT2D eigenvalue weighted by atomic mass is 16.2. The van der Waals surface area contributed by atoms with Gasteiger partial charge in [-0.25, -0.2) is 0 Å². The minimum atomic E-state index is -1.05. The van der Waals surface area contributed by atoms with Crippen LogP contribution in [-0.4, -0.2) is 64.1 Å². The molecule has 0 radical (unpaired) electrons. The molecule has 1 fully saturated rings. The van der Waals surface area contributed by atoms with Crippen LogP contribution >= 0.6 is 0 Å². The quantitative estimate of drug-likeness (QED) is 0.664. The van der Waals surface area contributed by atoms with E-state index in [0.717, 1.165) is 15.4 Å². The third-order valence-corrected chi connectivity index (χ3v) is 5.95. The summed E-state index contributed by atoms with van der Waals surface area (Å²) in [6.07, 6.45) is 0.493. The molecular weight excluding hydrogens is 412 g/mol. The lowest BCUT2D eigenvalue weighted by molar-refractivity contribution is -0.139. The van der Waals surface area contributed by atoms with Crippen LogP contribution in [0.15, 0.2) is 59.7 Å². The lowest BCUT2D eigenvalue weighted by Crippen LogP contribution is -2.41. The predicted molar refractivity (Wildman–Crippen MR) is 112 cm³/mol. The zero-order valence-electron chi connectivity index (χ0n) is 16.9. The molecule has 0 aliphatic carbocycles. The van der Waals surface area contributed by atoms with Crippen molar-refractivity contribution >= 4 is 35.1 Å². The van der Waals surface area contributed by atoms with Crippen molar-refractivity contribution in [2.24, 2.45) is 11.0 Å². The Balaban J connectivity index is 1.29. The third kappa shape index (κ3) is 3.01. The molecule has 0 aromatic heterocycles. The number of benzene rings is 2. The van der Waals surface area contributed by atoms with E-state index in [1.807, 2.05) is 30.3 Å². The number of nitrogens with zero attached hydrogens (tertiary/aromatic N) is 3. The van der Waals surface area contributed by atoms with Crippen LogP contribution in [0.4, 0.5) is 0 Å². The maximum absolute atomic E-state index is 13.0. The molecule has 2 atom stereocenters. The first kappa shape index (κ1) is 19.8. The summed E-state index contributed by atoms with van der Waals surface area (Å²) < 4.78 is 0. The molecule has 0 spiro atoms. The molecule has 0 bridgehead atoms. The van der Waals surface area contributed by atoms with Crippen molar-refractivity contribution in [1.82, 2.24) is 15.2 Å². The van der Waals surface area contributed by atoms with Gasteiger partial charge in [-0.15, -0.1) is 0 Å². The summed E-state index contributed by atoms with van der Waals surface area (Å²) in [5.41, 5.74) is 3.90. The Morgan fingerprint density at radius 3 is 2.12 bits per heavy atom. The number of amides is 4. The third-order valence-electron chi connectivity index (χ3n) is 5.95. The summed E-state index contributed by atoms with van der Waals surface area (Å²) in [6, 6.07) is 14.8. The number of hydrazone groups is 1. The van der Waals surface area contributed by atoms with Crippen LogP contribution in [0.2, 0.25) is 0 Å². The second kappa shape index (κ2) is 7.52. The molecule has 3 heterocycles. The maximum Gasteiger partial charge on any atom is 0.261 e. The van der Waals surface area contributed by atoms with E-state index in [-0.39, 0.29) is 23.4 Å². The summed E-state index contributed by atoms with van der Waals surface area (Å²) in [4.78, 5) is 65.7. The normalized spacial score (nSPS) is 21.6. The van der Waals surface area contributed by atoms with Crippen molar-refractivity contribution in [3.8, 4) is 0 Å². The van der Waals surface area contributed by atoms with Crippen molar-refractivity contribution in [3.63, 3.8) is 0 Å². The average molecular weight is 430 g/mol. The Morgan fingerprint density at radius 2 is 1.47 bits per heavy atom. The van der Waals surface area contributed by atoms with Gasteiger partial charge in [-0.2, -0.15) is 5.10 Å². The van der Waals surface area contributed by atoms with Crippen LogP contribution in [-0.2, 0) is 20.8 Å². The molecule has 3 aliphatic heterocycles. The summed E-state index contributed by atoms with van der Waals surface area (Å²) in [5.74, 6) is -3.79. The minimum absolute atomic E-state index is 0.132. The largest absolute Gasteiger partial charge is 0.296 e. The Kier molecular flexibility index (Phi) is 4.66. The molecule has 9 nitrogen and oxygen atoms in total. The summed E-state index contributed by atoms with van der Waals surface area (Å²) >= 11 is 0. The summed E-state index contributed by atoms with van der Waals surface area (Å²) in [6.45, 7) is -0.349. The van der Waals surface area contributed by atoms with Gasteiger partial charge in [-0.3, -0.25) is 39.2 Å². The number of hydrogen-bond acceptors (Lipinski definition) is 7. The molecule has 1 N–H and O–H groups in total. The molecule has 5 rings (SSSR count). The maximum atomic E-state index is 13.0. The van der Waals surface area contributed by atoms with Crippen molar-refractivity contribution in [2.45, 2.75) is 12.5 Å². The first-order chi connectivity index (χ1) is 15.5. The lowest BCUT2D eigenvalue weighted by atomic mass is 9.95. The van der Waals surface area contributed by atoms with Gasteiger partial charge in [0.2, 0.25) is 5.91 Å². The number of rotatable bonds is 6. The van der Waals surface area contributed by atoms with Gasteiger partial charge >= 0.3 is 0 Å². The molecule has 32 heavy (non-hydrogen) atoms. The number of nitrogens with one attached hydrogen (secondary N) is 1. The molecule has 3 aliphatic rings. The highest BCUT2D eigenvalue weighted by Crippen LogP contribution is 2.28. The van der Waals surface area contributed by atoms with E-state index in [1.165, 1.54) is 12.1 Å². The number of hydrogen-bond donors (Lipinski definition) is 1. The van der Waals surface area contributed by atoms with E-state index in [4.69, 9.17) is 0 Å². The highest BCUT2D eigenvalue weighted by Gasteiger charge is 2.54. The fraction of sp³-hybridized carbons (Fsp3) is 0.217. The number of imide groups is 2. The highest BCUT2D eigenvalue weighted by molar-refractivity contribution is 6.47. The summed E-state index contributed by atoms with van der Waals surface area (Å²) in [7, 11) is 0. The van der Waals surface area contributed by atoms with Gasteiger partial charge in [0.25, 0.3) is 17.7 Å². The van der Waals surface area contributed by atoms with E-state index < -0.39 is 47.9 Å². The molecule has 4 amide bonds. The van der Waals surface area contributed by atoms with Gasteiger partial charge in [0.15, 0.2) is 5.78 Å². The molecule has 1 saturated heterocycles. The van der Waals surface area contributed by atoms with Gasteiger partial charge in [-0.05, 0) is 24.1 Å². The monoisotopic (exact) mass is 430 g/mol. The van der Waals surface area contributed by atoms with Crippen LogP contribution in [0.1, 0.15) is 26.3 Å². The molecule has 2 unspecified atom stereocenters. The van der Waals surface area contributed by atoms with Crippen LogP contribution < -0.4 is 5.43 Å².